The molecule has 0 amide bonds. The van der Waals surface area contributed by atoms with Crippen LogP contribution in [0.2, 0.25) is 0 Å². The second-order valence-electron chi connectivity index (χ2n) is 5.10. The van der Waals surface area contributed by atoms with Gasteiger partial charge in [-0.05, 0) is 24.1 Å². The number of rotatable bonds is 5. The molecule has 0 aliphatic heterocycles. The highest BCUT2D eigenvalue weighted by Gasteiger charge is 2.58. The number of ether oxygens (including phenoxy) is 1. The van der Waals surface area contributed by atoms with E-state index >= 15 is 0 Å². The van der Waals surface area contributed by atoms with Gasteiger partial charge in [-0.25, -0.2) is 4.98 Å². The Hall–Kier alpha value is -2.10. The van der Waals surface area contributed by atoms with Crippen molar-refractivity contribution in [2.75, 3.05) is 6.61 Å². The summed E-state index contributed by atoms with van der Waals surface area (Å²) in [6.07, 6.45) is -2.29. The number of alkyl halides is 5. The first kappa shape index (κ1) is 19.2. The molecule has 10 heteroatoms. The fraction of sp³-hybridized carbons (Fsp3) is 0.333. The minimum Gasteiger partial charge on any atom is -0.487 e. The molecule has 2 aromatic heterocycles. The third-order valence-electron chi connectivity index (χ3n) is 3.27. The van der Waals surface area contributed by atoms with E-state index in [0.29, 0.717) is 4.90 Å². The molecule has 0 aliphatic carbocycles. The maximum absolute atomic E-state index is 12.8. The fourth-order valence-corrected chi connectivity index (χ4v) is 2.18. The highest BCUT2D eigenvalue weighted by Crippen LogP contribution is 2.35. The van der Waals surface area contributed by atoms with Gasteiger partial charge in [-0.1, -0.05) is 6.92 Å². The van der Waals surface area contributed by atoms with Crippen molar-refractivity contribution in [1.82, 2.24) is 9.55 Å². The minimum absolute atomic E-state index is 0.206. The van der Waals surface area contributed by atoms with Crippen molar-refractivity contribution in [1.29, 1.82) is 0 Å². The maximum atomic E-state index is 12.8. The number of hydrogen-bond donors (Lipinski definition) is 1. The van der Waals surface area contributed by atoms with E-state index in [4.69, 9.17) is 0 Å². The zero-order chi connectivity index (χ0) is 18.8. The van der Waals surface area contributed by atoms with Crippen molar-refractivity contribution in [3.8, 4) is 11.6 Å². The Morgan fingerprint density at radius 1 is 1.24 bits per heavy atom. The van der Waals surface area contributed by atoms with Gasteiger partial charge in [-0.2, -0.15) is 22.0 Å². The second-order valence-corrected chi connectivity index (χ2v) is 5.58. The van der Waals surface area contributed by atoms with Crippen molar-refractivity contribution >= 4 is 12.6 Å². The smallest absolute Gasteiger partial charge is 0.456 e. The van der Waals surface area contributed by atoms with Gasteiger partial charge in [0.15, 0.2) is 12.4 Å². The van der Waals surface area contributed by atoms with Crippen molar-refractivity contribution in [3.05, 3.63) is 46.5 Å². The van der Waals surface area contributed by atoms with Gasteiger partial charge in [0.05, 0.1) is 0 Å². The van der Waals surface area contributed by atoms with E-state index in [9.17, 15) is 26.7 Å². The summed E-state index contributed by atoms with van der Waals surface area (Å²) < 4.78 is 67.4. The molecule has 0 N–H and O–H groups in total. The highest BCUT2D eigenvalue weighted by atomic mass is 32.1. The third-order valence-corrected chi connectivity index (χ3v) is 3.60. The molecule has 0 saturated heterocycles. The van der Waals surface area contributed by atoms with Gasteiger partial charge < -0.3 is 4.74 Å². The topological polar surface area (TPSA) is 44.1 Å². The predicted molar refractivity (Wildman–Crippen MR) is 83.0 cm³/mol. The Bertz CT molecular complexity index is 820. The second kappa shape index (κ2) is 7.03. The Labute approximate surface area is 144 Å². The number of aromatic nitrogens is 2. The predicted octanol–water partition coefficient (Wildman–Crippen LogP) is 3.66. The summed E-state index contributed by atoms with van der Waals surface area (Å²) in [5.41, 5.74) is 0.191. The normalized spacial score (nSPS) is 12.3. The molecule has 0 aromatic carbocycles. The first-order valence-electron chi connectivity index (χ1n) is 7.03. The van der Waals surface area contributed by atoms with Crippen molar-refractivity contribution in [2.45, 2.75) is 30.3 Å². The summed E-state index contributed by atoms with van der Waals surface area (Å²) in [6.45, 7) is 0.000150. The molecule has 2 heterocycles. The van der Waals surface area contributed by atoms with Crippen LogP contribution in [0.1, 0.15) is 12.5 Å². The molecule has 0 aliphatic rings. The first-order chi connectivity index (χ1) is 11.5. The summed E-state index contributed by atoms with van der Waals surface area (Å²) in [5.74, 6) is -5.22. The summed E-state index contributed by atoms with van der Waals surface area (Å²) in [4.78, 5) is 16.6. The van der Waals surface area contributed by atoms with Gasteiger partial charge in [-0.3, -0.25) is 9.36 Å². The number of aryl methyl sites for hydroxylation is 1. The molecule has 2 aromatic rings. The standard InChI is InChI=1S/C15H13F5N2O2S/c1-2-9-5-11(25)13(21-7-9)22-4-3-10(6-12(22)23)24-8-14(16,17)15(18,19)20/h3-7,25H,2,8H2,1H3. The number of thiol groups is 1. The Morgan fingerprint density at radius 3 is 2.44 bits per heavy atom. The molecular weight excluding hydrogens is 367 g/mol. The van der Waals surface area contributed by atoms with Crippen LogP contribution in [0.5, 0.6) is 5.75 Å². The van der Waals surface area contributed by atoms with Crippen LogP contribution in [-0.4, -0.2) is 28.3 Å². The minimum atomic E-state index is -5.73. The molecule has 4 nitrogen and oxygen atoms in total. The molecule has 0 fully saturated rings. The molecule has 2 rings (SSSR count). The molecule has 0 unspecified atom stereocenters. The van der Waals surface area contributed by atoms with E-state index in [-0.39, 0.29) is 5.82 Å². The molecule has 136 valence electrons. The molecule has 0 radical (unpaired) electrons. The van der Waals surface area contributed by atoms with Crippen LogP contribution >= 0.6 is 12.6 Å². The fourth-order valence-electron chi connectivity index (χ4n) is 1.85. The van der Waals surface area contributed by atoms with Gasteiger partial charge in [0.1, 0.15) is 5.75 Å². The van der Waals surface area contributed by atoms with Crippen LogP contribution < -0.4 is 10.3 Å². The number of hydrogen-bond acceptors (Lipinski definition) is 4. The lowest BCUT2D eigenvalue weighted by Crippen LogP contribution is -2.41. The van der Waals surface area contributed by atoms with E-state index in [1.165, 1.54) is 0 Å². The zero-order valence-corrected chi connectivity index (χ0v) is 13.7. The van der Waals surface area contributed by atoms with Crippen molar-refractivity contribution < 1.29 is 26.7 Å². The third kappa shape index (κ3) is 4.30. The summed E-state index contributed by atoms with van der Waals surface area (Å²) in [5, 5.41) is 0. The molecule has 0 saturated carbocycles. The van der Waals surface area contributed by atoms with Crippen LogP contribution in [0, 0.1) is 0 Å². The summed E-state index contributed by atoms with van der Waals surface area (Å²) in [7, 11) is 0. The average Bonchev–Trinajstić information content (AvgIpc) is 2.52. The van der Waals surface area contributed by atoms with Crippen molar-refractivity contribution in [3.63, 3.8) is 0 Å². The maximum Gasteiger partial charge on any atom is 0.456 e. The van der Waals surface area contributed by atoms with Gasteiger partial charge in [0.25, 0.3) is 5.56 Å². The Morgan fingerprint density at radius 2 is 1.92 bits per heavy atom. The summed E-state index contributed by atoms with van der Waals surface area (Å²) in [6, 6.07) is 3.61. The van der Waals surface area contributed by atoms with Crippen molar-refractivity contribution in [2.24, 2.45) is 0 Å². The molecule has 0 bridgehead atoms. The number of halogens is 5. The quantitative estimate of drug-likeness (QED) is 0.636. The van der Waals surface area contributed by atoms with E-state index < -0.39 is 30.0 Å². The van der Waals surface area contributed by atoms with Crippen LogP contribution in [0.15, 0.2) is 40.3 Å². The molecular formula is C15H13F5N2O2S. The van der Waals surface area contributed by atoms with Crippen LogP contribution in [0.4, 0.5) is 22.0 Å². The SMILES string of the molecule is CCc1cnc(-n2ccc(OCC(F)(F)C(F)(F)F)cc2=O)c(S)c1. The van der Waals surface area contributed by atoms with Gasteiger partial charge in [0, 0.05) is 23.4 Å². The van der Waals surface area contributed by atoms with E-state index in [0.717, 1.165) is 34.9 Å². The molecule has 0 atom stereocenters. The lowest BCUT2D eigenvalue weighted by atomic mass is 10.2. The average molecular weight is 380 g/mol. The van der Waals surface area contributed by atoms with Gasteiger partial charge >= 0.3 is 12.1 Å². The van der Waals surface area contributed by atoms with Gasteiger partial charge in [0.2, 0.25) is 0 Å². The first-order valence-corrected chi connectivity index (χ1v) is 7.48. The zero-order valence-electron chi connectivity index (χ0n) is 12.8. The van der Waals surface area contributed by atoms with E-state index in [1.807, 2.05) is 6.92 Å². The van der Waals surface area contributed by atoms with E-state index in [2.05, 4.69) is 22.3 Å². The summed E-state index contributed by atoms with van der Waals surface area (Å²) >= 11 is 4.24. The lowest BCUT2D eigenvalue weighted by Gasteiger charge is -2.19. The van der Waals surface area contributed by atoms with Crippen LogP contribution in [0.25, 0.3) is 5.82 Å². The number of nitrogens with zero attached hydrogens (tertiary/aromatic N) is 2. The Kier molecular flexibility index (Phi) is 5.40. The van der Waals surface area contributed by atoms with Gasteiger partial charge in [-0.15, -0.1) is 12.6 Å². The van der Waals surface area contributed by atoms with E-state index in [1.54, 1.807) is 12.3 Å². The number of pyridine rings is 2. The van der Waals surface area contributed by atoms with Crippen LogP contribution in [-0.2, 0) is 6.42 Å². The van der Waals surface area contributed by atoms with Crippen LogP contribution in [0.3, 0.4) is 0 Å². The lowest BCUT2D eigenvalue weighted by molar-refractivity contribution is -0.290. The Balaban J connectivity index is 2.23. The highest BCUT2D eigenvalue weighted by molar-refractivity contribution is 7.80. The monoisotopic (exact) mass is 380 g/mol. The molecule has 0 spiro atoms. The molecule has 25 heavy (non-hydrogen) atoms. The largest absolute Gasteiger partial charge is 0.487 e.